The lowest BCUT2D eigenvalue weighted by Crippen LogP contribution is -2.42. The fourth-order valence-electron chi connectivity index (χ4n) is 1.86. The molecule has 0 radical (unpaired) electrons. The molecule has 90 valence electrons. The van der Waals surface area contributed by atoms with Gasteiger partial charge in [0.2, 0.25) is 0 Å². The van der Waals surface area contributed by atoms with Crippen LogP contribution in [0.1, 0.15) is 40.5 Å². The van der Waals surface area contributed by atoms with E-state index in [4.69, 9.17) is 10.9 Å². The Kier molecular flexibility index (Phi) is 7.13. The zero-order valence-electron chi connectivity index (χ0n) is 10.4. The first-order valence-electron chi connectivity index (χ1n) is 5.75. The minimum absolute atomic E-state index is 0.294. The maximum atomic E-state index is 8.58. The third-order valence-electron chi connectivity index (χ3n) is 2.55. The average Bonchev–Trinajstić information content (AvgIpc) is 2.18. The molecule has 0 bridgehead atoms. The van der Waals surface area contributed by atoms with Gasteiger partial charge in [0, 0.05) is 12.6 Å². The van der Waals surface area contributed by atoms with Crippen molar-refractivity contribution < 1.29 is 5.21 Å². The first-order chi connectivity index (χ1) is 7.04. The topological polar surface area (TPSA) is 61.8 Å². The Balaban J connectivity index is 4.41. The highest BCUT2D eigenvalue weighted by molar-refractivity contribution is 5.81. The molecule has 15 heavy (non-hydrogen) atoms. The number of hydrogen-bond acceptors (Lipinski definition) is 3. The molecule has 3 N–H and O–H groups in total. The molecule has 0 saturated heterocycles. The molecule has 0 unspecified atom stereocenters. The predicted octanol–water partition coefficient (Wildman–Crippen LogP) is 1.88. The van der Waals surface area contributed by atoms with E-state index in [1.54, 1.807) is 0 Å². The maximum absolute atomic E-state index is 8.58. The maximum Gasteiger partial charge on any atom is 0.153 e. The van der Waals surface area contributed by atoms with Crippen LogP contribution in [-0.4, -0.2) is 35.1 Å². The van der Waals surface area contributed by atoms with Crippen molar-refractivity contribution in [2.75, 3.05) is 13.1 Å². The van der Waals surface area contributed by atoms with Gasteiger partial charge in [0.25, 0.3) is 0 Å². The molecule has 0 aromatic heterocycles. The lowest BCUT2D eigenvalue weighted by molar-refractivity contribution is 0.187. The molecular weight excluding hydrogens is 190 g/mol. The van der Waals surface area contributed by atoms with Gasteiger partial charge in [0.15, 0.2) is 5.84 Å². The van der Waals surface area contributed by atoms with Crippen molar-refractivity contribution in [1.29, 1.82) is 0 Å². The van der Waals surface area contributed by atoms with Crippen LogP contribution in [0.4, 0.5) is 0 Å². The summed E-state index contributed by atoms with van der Waals surface area (Å²) in [5.74, 6) is 0.889. The van der Waals surface area contributed by atoms with Crippen molar-refractivity contribution in [3.63, 3.8) is 0 Å². The van der Waals surface area contributed by atoms with Crippen molar-refractivity contribution in [1.82, 2.24) is 4.90 Å². The van der Waals surface area contributed by atoms with Gasteiger partial charge in [-0.15, -0.1) is 0 Å². The summed E-state index contributed by atoms with van der Waals surface area (Å²) < 4.78 is 0. The van der Waals surface area contributed by atoms with Gasteiger partial charge in [-0.05, 0) is 18.8 Å². The largest absolute Gasteiger partial charge is 0.409 e. The number of hydrogen-bond donors (Lipinski definition) is 2. The lowest BCUT2D eigenvalue weighted by Gasteiger charge is -2.31. The van der Waals surface area contributed by atoms with Gasteiger partial charge in [0.1, 0.15) is 0 Å². The SMILES string of the molecule is CCC(CC)N(CC(N)=NO)CC(C)C. The van der Waals surface area contributed by atoms with E-state index >= 15 is 0 Å². The third kappa shape index (κ3) is 5.62. The highest BCUT2D eigenvalue weighted by Crippen LogP contribution is 2.10. The Morgan fingerprint density at radius 1 is 1.33 bits per heavy atom. The molecule has 0 aliphatic rings. The predicted molar refractivity (Wildman–Crippen MR) is 64.2 cm³/mol. The highest BCUT2D eigenvalue weighted by atomic mass is 16.4. The van der Waals surface area contributed by atoms with Crippen molar-refractivity contribution in [3.8, 4) is 0 Å². The van der Waals surface area contributed by atoms with Gasteiger partial charge in [0.05, 0.1) is 6.54 Å². The molecule has 0 fully saturated rings. The fraction of sp³-hybridized carbons (Fsp3) is 0.909. The van der Waals surface area contributed by atoms with Gasteiger partial charge < -0.3 is 10.9 Å². The number of rotatable bonds is 7. The summed E-state index contributed by atoms with van der Waals surface area (Å²) in [5.41, 5.74) is 5.56. The molecule has 0 heterocycles. The number of oxime groups is 1. The average molecular weight is 215 g/mol. The van der Waals surface area contributed by atoms with Crippen molar-refractivity contribution >= 4 is 5.84 Å². The van der Waals surface area contributed by atoms with Gasteiger partial charge in [-0.1, -0.05) is 32.9 Å². The second-order valence-electron chi connectivity index (χ2n) is 4.38. The summed E-state index contributed by atoms with van der Waals surface area (Å²) in [6.07, 6.45) is 2.20. The van der Waals surface area contributed by atoms with Crippen LogP contribution in [-0.2, 0) is 0 Å². The number of nitrogens with zero attached hydrogens (tertiary/aromatic N) is 2. The van der Waals surface area contributed by atoms with Crippen LogP contribution in [0.2, 0.25) is 0 Å². The Labute approximate surface area is 93.1 Å². The van der Waals surface area contributed by atoms with Gasteiger partial charge >= 0.3 is 0 Å². The third-order valence-corrected chi connectivity index (χ3v) is 2.55. The Morgan fingerprint density at radius 2 is 1.87 bits per heavy atom. The normalized spacial score (nSPS) is 13.1. The van der Waals surface area contributed by atoms with E-state index in [9.17, 15) is 0 Å². The van der Waals surface area contributed by atoms with Crippen LogP contribution in [0, 0.1) is 5.92 Å². The minimum atomic E-state index is 0.294. The summed E-state index contributed by atoms with van der Waals surface area (Å²) in [6, 6.07) is 0.521. The van der Waals surface area contributed by atoms with Gasteiger partial charge in [-0.2, -0.15) is 0 Å². The van der Waals surface area contributed by atoms with E-state index < -0.39 is 0 Å². The summed E-state index contributed by atoms with van der Waals surface area (Å²) in [4.78, 5) is 2.29. The molecule has 0 amide bonds. The van der Waals surface area contributed by atoms with Crippen LogP contribution < -0.4 is 5.73 Å². The van der Waals surface area contributed by atoms with Crippen LogP contribution in [0.5, 0.6) is 0 Å². The minimum Gasteiger partial charge on any atom is -0.409 e. The molecule has 0 aromatic carbocycles. The van der Waals surface area contributed by atoms with Crippen molar-refractivity contribution in [3.05, 3.63) is 0 Å². The molecule has 0 aliphatic carbocycles. The van der Waals surface area contributed by atoms with Gasteiger partial charge in [-0.25, -0.2) is 0 Å². The van der Waals surface area contributed by atoms with Crippen molar-refractivity contribution in [2.45, 2.75) is 46.6 Å². The summed E-state index contributed by atoms with van der Waals surface area (Å²) in [5, 5.41) is 11.6. The van der Waals surface area contributed by atoms with E-state index in [-0.39, 0.29) is 0 Å². The van der Waals surface area contributed by atoms with E-state index in [1.807, 2.05) is 0 Å². The van der Waals surface area contributed by atoms with Crippen LogP contribution in [0.15, 0.2) is 5.16 Å². The second-order valence-corrected chi connectivity index (χ2v) is 4.38. The molecule has 0 rings (SSSR count). The van der Waals surface area contributed by atoms with E-state index in [0.29, 0.717) is 24.3 Å². The zero-order chi connectivity index (χ0) is 11.8. The summed E-state index contributed by atoms with van der Waals surface area (Å²) >= 11 is 0. The Morgan fingerprint density at radius 3 is 2.20 bits per heavy atom. The molecule has 4 nitrogen and oxygen atoms in total. The molecule has 0 atom stereocenters. The molecule has 0 aromatic rings. The molecule has 0 saturated carbocycles. The molecule has 0 aliphatic heterocycles. The highest BCUT2D eigenvalue weighted by Gasteiger charge is 2.17. The smallest absolute Gasteiger partial charge is 0.153 e. The first-order valence-corrected chi connectivity index (χ1v) is 5.75. The number of nitrogens with two attached hydrogens (primary N) is 1. The fourth-order valence-corrected chi connectivity index (χ4v) is 1.86. The van der Waals surface area contributed by atoms with Crippen molar-refractivity contribution in [2.24, 2.45) is 16.8 Å². The summed E-state index contributed by atoms with van der Waals surface area (Å²) in [7, 11) is 0. The standard InChI is InChI=1S/C11H25N3O/c1-5-10(6-2)14(7-9(3)4)8-11(12)13-15/h9-10,15H,5-8H2,1-4H3,(H2,12,13). The van der Waals surface area contributed by atoms with E-state index in [2.05, 4.69) is 37.8 Å². The van der Waals surface area contributed by atoms with Crippen LogP contribution in [0.3, 0.4) is 0 Å². The molecule has 4 heteroatoms. The quantitative estimate of drug-likeness (QED) is 0.295. The van der Waals surface area contributed by atoms with Gasteiger partial charge in [-0.3, -0.25) is 4.90 Å². The van der Waals surface area contributed by atoms with Crippen LogP contribution >= 0.6 is 0 Å². The number of amidine groups is 1. The molecular formula is C11H25N3O. The monoisotopic (exact) mass is 215 g/mol. The Bertz CT molecular complexity index is 188. The first kappa shape index (κ1) is 14.2. The van der Waals surface area contributed by atoms with E-state index in [1.165, 1.54) is 0 Å². The lowest BCUT2D eigenvalue weighted by atomic mass is 10.1. The zero-order valence-corrected chi connectivity index (χ0v) is 10.4. The molecule has 0 spiro atoms. The van der Waals surface area contributed by atoms with E-state index in [0.717, 1.165) is 19.4 Å². The second kappa shape index (κ2) is 7.51. The summed E-state index contributed by atoms with van der Waals surface area (Å²) in [6.45, 7) is 10.3. The van der Waals surface area contributed by atoms with Crippen LogP contribution in [0.25, 0.3) is 0 Å². The Hall–Kier alpha value is -0.770.